The Morgan fingerprint density at radius 2 is 2.11 bits per heavy atom. The minimum absolute atomic E-state index is 0. The van der Waals surface area contributed by atoms with E-state index in [1.807, 2.05) is 25.0 Å². The van der Waals surface area contributed by atoms with Crippen molar-refractivity contribution in [2.75, 3.05) is 26.7 Å². The van der Waals surface area contributed by atoms with Crippen molar-refractivity contribution in [2.45, 2.75) is 37.5 Å². The van der Waals surface area contributed by atoms with Gasteiger partial charge in [0.05, 0.1) is 6.20 Å². The zero-order valence-corrected chi connectivity index (χ0v) is 18.8. The van der Waals surface area contributed by atoms with Crippen LogP contribution >= 0.6 is 24.0 Å². The molecule has 2 heterocycles. The van der Waals surface area contributed by atoms with Crippen molar-refractivity contribution in [3.8, 4) is 0 Å². The first-order chi connectivity index (χ1) is 12.6. The SMILES string of the molecule is CN=C(NCC1(c2ccccc2C)CC1)N1CCC(c2cnn(C)c2)C1.I. The van der Waals surface area contributed by atoms with Gasteiger partial charge in [-0.05, 0) is 42.9 Å². The van der Waals surface area contributed by atoms with Gasteiger partial charge < -0.3 is 10.2 Å². The molecule has 1 aliphatic heterocycles. The predicted octanol–water partition coefficient (Wildman–Crippen LogP) is 3.44. The van der Waals surface area contributed by atoms with Gasteiger partial charge in [-0.1, -0.05) is 24.3 Å². The minimum atomic E-state index is 0. The zero-order valence-electron chi connectivity index (χ0n) is 16.5. The molecule has 0 bridgehead atoms. The van der Waals surface area contributed by atoms with Crippen molar-refractivity contribution >= 4 is 29.9 Å². The number of hydrogen-bond donors (Lipinski definition) is 1. The van der Waals surface area contributed by atoms with E-state index in [0.29, 0.717) is 11.3 Å². The van der Waals surface area contributed by atoms with E-state index in [1.54, 1.807) is 0 Å². The van der Waals surface area contributed by atoms with Gasteiger partial charge in [0.15, 0.2) is 5.96 Å². The van der Waals surface area contributed by atoms with E-state index in [9.17, 15) is 0 Å². The molecule has 5 nitrogen and oxygen atoms in total. The Labute approximate surface area is 179 Å². The van der Waals surface area contributed by atoms with Gasteiger partial charge in [0.25, 0.3) is 0 Å². The number of nitrogens with one attached hydrogen (secondary N) is 1. The van der Waals surface area contributed by atoms with E-state index in [1.165, 1.54) is 29.5 Å². The second kappa shape index (κ2) is 8.20. The van der Waals surface area contributed by atoms with Crippen LogP contribution in [0.1, 0.15) is 41.9 Å². The van der Waals surface area contributed by atoms with Crippen LogP contribution in [-0.4, -0.2) is 47.3 Å². The van der Waals surface area contributed by atoms with Gasteiger partial charge in [0.1, 0.15) is 0 Å². The first-order valence-corrected chi connectivity index (χ1v) is 9.61. The van der Waals surface area contributed by atoms with Crippen molar-refractivity contribution in [2.24, 2.45) is 12.0 Å². The highest BCUT2D eigenvalue weighted by Gasteiger charge is 2.45. The Morgan fingerprint density at radius 1 is 1.33 bits per heavy atom. The summed E-state index contributed by atoms with van der Waals surface area (Å²) in [6, 6.07) is 8.81. The smallest absolute Gasteiger partial charge is 0.193 e. The summed E-state index contributed by atoms with van der Waals surface area (Å²) in [6.45, 7) is 5.26. The number of aliphatic imine (C=N–C) groups is 1. The molecule has 2 fully saturated rings. The molecule has 1 atom stereocenters. The van der Waals surface area contributed by atoms with E-state index < -0.39 is 0 Å². The molecule has 1 aromatic carbocycles. The molecule has 27 heavy (non-hydrogen) atoms. The van der Waals surface area contributed by atoms with E-state index in [4.69, 9.17) is 0 Å². The first-order valence-electron chi connectivity index (χ1n) is 9.61. The zero-order chi connectivity index (χ0) is 18.1. The van der Waals surface area contributed by atoms with Gasteiger partial charge in [0, 0.05) is 51.3 Å². The summed E-state index contributed by atoms with van der Waals surface area (Å²) in [7, 11) is 3.88. The second-order valence-corrected chi connectivity index (χ2v) is 7.87. The Bertz CT molecular complexity index is 808. The number of aromatic nitrogens is 2. The van der Waals surface area contributed by atoms with Gasteiger partial charge in [-0.25, -0.2) is 0 Å². The predicted molar refractivity (Wildman–Crippen MR) is 121 cm³/mol. The highest BCUT2D eigenvalue weighted by Crippen LogP contribution is 2.48. The van der Waals surface area contributed by atoms with Crippen LogP contribution in [0.15, 0.2) is 41.7 Å². The van der Waals surface area contributed by atoms with Crippen LogP contribution in [0.2, 0.25) is 0 Å². The molecule has 0 radical (unpaired) electrons. The summed E-state index contributed by atoms with van der Waals surface area (Å²) < 4.78 is 1.89. The van der Waals surface area contributed by atoms with E-state index in [-0.39, 0.29) is 24.0 Å². The van der Waals surface area contributed by atoms with Crippen molar-refractivity contribution in [3.05, 3.63) is 53.3 Å². The molecular weight excluding hydrogens is 449 g/mol. The third-order valence-electron chi connectivity index (χ3n) is 6.05. The summed E-state index contributed by atoms with van der Waals surface area (Å²) in [6.07, 6.45) is 7.83. The highest BCUT2D eigenvalue weighted by molar-refractivity contribution is 14.0. The van der Waals surface area contributed by atoms with Crippen LogP contribution < -0.4 is 5.32 Å². The monoisotopic (exact) mass is 479 g/mol. The molecular formula is C21H30IN5. The molecule has 1 aromatic heterocycles. The van der Waals surface area contributed by atoms with Crippen LogP contribution in [0.5, 0.6) is 0 Å². The Balaban J connectivity index is 0.00000210. The quantitative estimate of drug-likeness (QED) is 0.415. The highest BCUT2D eigenvalue weighted by atomic mass is 127. The lowest BCUT2D eigenvalue weighted by molar-refractivity contribution is 0.478. The largest absolute Gasteiger partial charge is 0.355 e. The summed E-state index contributed by atoms with van der Waals surface area (Å²) >= 11 is 0. The molecule has 1 saturated heterocycles. The van der Waals surface area contributed by atoms with Crippen LogP contribution in [0.25, 0.3) is 0 Å². The number of nitrogens with zero attached hydrogens (tertiary/aromatic N) is 4. The van der Waals surface area contributed by atoms with Gasteiger partial charge in [-0.2, -0.15) is 5.10 Å². The molecule has 2 aromatic rings. The lowest BCUT2D eigenvalue weighted by atomic mass is 9.92. The number of aryl methyl sites for hydroxylation is 2. The maximum absolute atomic E-state index is 4.56. The van der Waals surface area contributed by atoms with Crippen molar-refractivity contribution in [1.29, 1.82) is 0 Å². The summed E-state index contributed by atoms with van der Waals surface area (Å²) in [4.78, 5) is 6.96. The molecule has 146 valence electrons. The lowest BCUT2D eigenvalue weighted by Crippen LogP contribution is -2.43. The fraction of sp³-hybridized carbons (Fsp3) is 0.524. The molecule has 2 aliphatic rings. The number of benzene rings is 1. The number of likely N-dealkylation sites (tertiary alicyclic amines) is 1. The molecule has 1 N–H and O–H groups in total. The molecule has 0 amide bonds. The summed E-state index contributed by atoms with van der Waals surface area (Å²) in [5.41, 5.74) is 4.53. The Morgan fingerprint density at radius 3 is 2.74 bits per heavy atom. The van der Waals surface area contributed by atoms with Crippen LogP contribution in [0.4, 0.5) is 0 Å². The third-order valence-corrected chi connectivity index (χ3v) is 6.05. The van der Waals surface area contributed by atoms with Crippen molar-refractivity contribution < 1.29 is 0 Å². The molecule has 0 spiro atoms. The maximum atomic E-state index is 4.56. The number of guanidine groups is 1. The van der Waals surface area contributed by atoms with Crippen LogP contribution in [0.3, 0.4) is 0 Å². The Hall–Kier alpha value is -1.57. The normalized spacial score (nSPS) is 21.1. The minimum Gasteiger partial charge on any atom is -0.355 e. The third kappa shape index (κ3) is 4.15. The number of halogens is 1. The Kier molecular flexibility index (Phi) is 6.13. The first kappa shape index (κ1) is 20.2. The lowest BCUT2D eigenvalue weighted by Gasteiger charge is -2.25. The van der Waals surface area contributed by atoms with E-state index >= 15 is 0 Å². The molecule has 4 rings (SSSR count). The topological polar surface area (TPSA) is 45.5 Å². The standard InChI is InChI=1S/C21H29N5.HI/c1-16-6-4-5-7-19(16)21(9-10-21)15-23-20(22-2)26-11-8-17(14-26)18-12-24-25(3)13-18;/h4-7,12-13,17H,8-11,14-15H2,1-3H3,(H,22,23);1H. The van der Waals surface area contributed by atoms with E-state index in [0.717, 1.165) is 32.0 Å². The van der Waals surface area contributed by atoms with E-state index in [2.05, 4.69) is 57.7 Å². The summed E-state index contributed by atoms with van der Waals surface area (Å²) in [5, 5.41) is 7.99. The van der Waals surface area contributed by atoms with Gasteiger partial charge in [-0.3, -0.25) is 9.67 Å². The number of rotatable bonds is 4. The molecule has 1 aliphatic carbocycles. The molecule has 1 saturated carbocycles. The van der Waals surface area contributed by atoms with Gasteiger partial charge in [-0.15, -0.1) is 24.0 Å². The van der Waals surface area contributed by atoms with Crippen LogP contribution in [0, 0.1) is 6.92 Å². The fourth-order valence-corrected chi connectivity index (χ4v) is 4.32. The van der Waals surface area contributed by atoms with Crippen molar-refractivity contribution in [1.82, 2.24) is 20.0 Å². The number of hydrogen-bond acceptors (Lipinski definition) is 2. The second-order valence-electron chi connectivity index (χ2n) is 7.87. The van der Waals surface area contributed by atoms with Crippen LogP contribution in [-0.2, 0) is 12.5 Å². The fourth-order valence-electron chi connectivity index (χ4n) is 4.32. The molecule has 6 heteroatoms. The van der Waals surface area contributed by atoms with Crippen molar-refractivity contribution in [3.63, 3.8) is 0 Å². The van der Waals surface area contributed by atoms with Gasteiger partial charge in [0.2, 0.25) is 0 Å². The molecule has 1 unspecified atom stereocenters. The average molecular weight is 479 g/mol. The summed E-state index contributed by atoms with van der Waals surface area (Å²) in [5.74, 6) is 1.59. The van der Waals surface area contributed by atoms with Gasteiger partial charge >= 0.3 is 0 Å². The average Bonchev–Trinajstić information content (AvgIpc) is 3.04. The maximum Gasteiger partial charge on any atom is 0.193 e.